The monoisotopic (exact) mass is 734 g/mol. The maximum absolute atomic E-state index is 5.96. The molecule has 0 unspecified atom stereocenters. The number of hydrogen-bond donors (Lipinski definition) is 0. The van der Waals surface area contributed by atoms with Crippen LogP contribution in [0.15, 0.2) is 89.7 Å². The molecule has 0 atom stereocenters. The number of furan rings is 1. The number of aryl methyl sites for hydroxylation is 1. The van der Waals surface area contributed by atoms with Gasteiger partial charge in [-0.1, -0.05) is 68.2 Å². The molecule has 41 heavy (non-hydrogen) atoms. The van der Waals surface area contributed by atoms with Crippen molar-refractivity contribution in [3.63, 3.8) is 0 Å². The third kappa shape index (κ3) is 7.07. The van der Waals surface area contributed by atoms with Crippen molar-refractivity contribution in [1.29, 1.82) is 0 Å². The first-order valence-electron chi connectivity index (χ1n) is 13.8. The minimum absolute atomic E-state index is 0. The molecule has 6 heteroatoms. The standard InChI is InChI=1S/C18H24NSi.C17H11N2O.Ir/c1-14(2)11-16-12-17(15-9-7-6-8-10-15)19-13-18(16)20(3,4)5;1-11-9-14-12-5-4-6-13(15-7-2-3-8-18-15)17(12)20-16(14)10-19-11;/h6-9,12-14H,11H2,1-5H3;2-5,7-10H,1H3;/q2*-1;. The van der Waals surface area contributed by atoms with Crippen molar-refractivity contribution in [3.05, 3.63) is 109 Å². The van der Waals surface area contributed by atoms with E-state index < -0.39 is 8.07 Å². The van der Waals surface area contributed by atoms with Crippen LogP contribution in [0.2, 0.25) is 19.6 Å². The van der Waals surface area contributed by atoms with Crippen LogP contribution < -0.4 is 5.19 Å². The number of hydrogen-bond acceptors (Lipinski definition) is 4. The average Bonchev–Trinajstić information content (AvgIpc) is 3.31. The van der Waals surface area contributed by atoms with Gasteiger partial charge in [0.15, 0.2) is 0 Å². The first kappa shape index (κ1) is 30.5. The predicted octanol–water partition coefficient (Wildman–Crippen LogP) is 8.44. The summed E-state index contributed by atoms with van der Waals surface area (Å²) in [4.78, 5) is 13.4. The minimum atomic E-state index is -1.34. The van der Waals surface area contributed by atoms with E-state index in [1.807, 2.05) is 61.5 Å². The molecule has 0 amide bonds. The Kier molecular flexibility index (Phi) is 9.70. The fraction of sp³-hybridized carbons (Fsp3) is 0.229. The van der Waals surface area contributed by atoms with E-state index in [0.717, 1.165) is 56.6 Å². The topological polar surface area (TPSA) is 51.8 Å². The summed E-state index contributed by atoms with van der Waals surface area (Å²) in [5, 5.41) is 3.65. The van der Waals surface area contributed by atoms with Gasteiger partial charge in [0.25, 0.3) is 0 Å². The summed E-state index contributed by atoms with van der Waals surface area (Å²) in [7, 11) is -1.34. The molecule has 4 nitrogen and oxygen atoms in total. The number of aromatic nitrogens is 3. The van der Waals surface area contributed by atoms with Gasteiger partial charge in [-0.3, -0.25) is 4.98 Å². The molecular formula is C35H35IrN3OSi-2. The first-order valence-corrected chi connectivity index (χ1v) is 17.3. The Morgan fingerprint density at radius 3 is 2.32 bits per heavy atom. The zero-order valence-electron chi connectivity index (χ0n) is 24.5. The summed E-state index contributed by atoms with van der Waals surface area (Å²) in [6.07, 6.45) is 6.78. The van der Waals surface area contributed by atoms with Crippen molar-refractivity contribution in [2.45, 2.75) is 46.8 Å². The van der Waals surface area contributed by atoms with Gasteiger partial charge in [-0.25, -0.2) is 0 Å². The average molecular weight is 734 g/mol. The number of pyridine rings is 3. The summed E-state index contributed by atoms with van der Waals surface area (Å²) in [5.74, 6) is 0.667. The van der Waals surface area contributed by atoms with Gasteiger partial charge < -0.3 is 14.4 Å². The number of nitrogens with zero attached hydrogens (tertiary/aromatic N) is 3. The molecule has 0 aliphatic rings. The van der Waals surface area contributed by atoms with Gasteiger partial charge in [-0.15, -0.1) is 54.1 Å². The van der Waals surface area contributed by atoms with E-state index in [1.54, 1.807) is 12.4 Å². The molecule has 4 aromatic heterocycles. The molecule has 6 aromatic rings. The zero-order valence-corrected chi connectivity index (χ0v) is 27.8. The van der Waals surface area contributed by atoms with Gasteiger partial charge in [0.05, 0.1) is 19.9 Å². The SMILES string of the molecule is CC(C)Cc1cc(-c2[c-]cccc2)ncc1[Si](C)(C)C.Cc1cc2c(cn1)oc1c(-c3ccccn3)[c-]ccc12.[Ir]. The van der Waals surface area contributed by atoms with Crippen LogP contribution in [0, 0.1) is 25.0 Å². The van der Waals surface area contributed by atoms with E-state index in [1.165, 1.54) is 10.8 Å². The molecule has 0 aliphatic heterocycles. The van der Waals surface area contributed by atoms with Gasteiger partial charge in [-0.2, -0.15) is 0 Å². The van der Waals surface area contributed by atoms with Gasteiger partial charge in [0.2, 0.25) is 0 Å². The van der Waals surface area contributed by atoms with E-state index in [2.05, 4.69) is 78.9 Å². The molecule has 1 radical (unpaired) electrons. The fourth-order valence-corrected chi connectivity index (χ4v) is 6.52. The third-order valence-corrected chi connectivity index (χ3v) is 8.85. The molecule has 4 heterocycles. The van der Waals surface area contributed by atoms with Crippen molar-refractivity contribution >= 4 is 35.2 Å². The predicted molar refractivity (Wildman–Crippen MR) is 168 cm³/mol. The molecule has 0 bridgehead atoms. The maximum Gasteiger partial charge on any atom is 0.139 e. The Labute approximate surface area is 257 Å². The van der Waals surface area contributed by atoms with Crippen LogP contribution in [0.5, 0.6) is 0 Å². The number of benzene rings is 2. The normalized spacial score (nSPS) is 11.3. The quantitative estimate of drug-likeness (QED) is 0.132. The van der Waals surface area contributed by atoms with Gasteiger partial charge in [-0.05, 0) is 48.0 Å². The van der Waals surface area contributed by atoms with E-state index in [4.69, 9.17) is 4.42 Å². The van der Waals surface area contributed by atoms with Crippen LogP contribution in [0.25, 0.3) is 44.5 Å². The second-order valence-electron chi connectivity index (χ2n) is 11.6. The maximum atomic E-state index is 5.96. The Morgan fingerprint density at radius 2 is 1.63 bits per heavy atom. The first-order chi connectivity index (χ1) is 19.2. The smallest absolute Gasteiger partial charge is 0.139 e. The van der Waals surface area contributed by atoms with Gasteiger partial charge in [0, 0.05) is 43.6 Å². The molecular weight excluding hydrogens is 699 g/mol. The molecule has 0 spiro atoms. The van der Waals surface area contributed by atoms with Crippen molar-refractivity contribution in [1.82, 2.24) is 15.0 Å². The van der Waals surface area contributed by atoms with Crippen molar-refractivity contribution in [3.8, 4) is 22.5 Å². The second kappa shape index (κ2) is 13.0. The minimum Gasteiger partial charge on any atom is -0.499 e. The Balaban J connectivity index is 0.000000184. The van der Waals surface area contributed by atoms with Crippen LogP contribution in [-0.4, -0.2) is 23.0 Å². The number of rotatable bonds is 5. The van der Waals surface area contributed by atoms with Crippen LogP contribution in [0.1, 0.15) is 25.1 Å². The van der Waals surface area contributed by atoms with Gasteiger partial charge >= 0.3 is 0 Å². The summed E-state index contributed by atoms with van der Waals surface area (Å²) >= 11 is 0. The summed E-state index contributed by atoms with van der Waals surface area (Å²) < 4.78 is 5.96. The van der Waals surface area contributed by atoms with Crippen LogP contribution >= 0.6 is 0 Å². The van der Waals surface area contributed by atoms with E-state index >= 15 is 0 Å². The molecule has 0 fully saturated rings. The van der Waals surface area contributed by atoms with E-state index in [-0.39, 0.29) is 20.1 Å². The van der Waals surface area contributed by atoms with E-state index in [0.29, 0.717) is 5.92 Å². The largest absolute Gasteiger partial charge is 0.499 e. The molecule has 0 saturated carbocycles. The Morgan fingerprint density at radius 1 is 0.829 bits per heavy atom. The number of fused-ring (bicyclic) bond motifs is 3. The van der Waals surface area contributed by atoms with Gasteiger partial charge in [0.1, 0.15) is 5.58 Å². The molecule has 211 valence electrons. The van der Waals surface area contributed by atoms with Crippen LogP contribution in [-0.2, 0) is 26.5 Å². The Hall–Kier alpha value is -3.44. The fourth-order valence-electron chi connectivity index (χ4n) is 4.93. The summed E-state index contributed by atoms with van der Waals surface area (Å²) in [6.45, 7) is 13.7. The van der Waals surface area contributed by atoms with Crippen LogP contribution in [0.3, 0.4) is 0 Å². The van der Waals surface area contributed by atoms with Crippen molar-refractivity contribution in [2.75, 3.05) is 0 Å². The molecule has 2 aromatic carbocycles. The summed E-state index contributed by atoms with van der Waals surface area (Å²) in [5.41, 5.74) is 7.94. The van der Waals surface area contributed by atoms with Crippen LogP contribution in [0.4, 0.5) is 0 Å². The van der Waals surface area contributed by atoms with E-state index in [9.17, 15) is 0 Å². The molecule has 0 N–H and O–H groups in total. The molecule has 0 saturated heterocycles. The molecule has 0 aliphatic carbocycles. The Bertz CT molecular complexity index is 1740. The second-order valence-corrected chi connectivity index (χ2v) is 16.6. The zero-order chi connectivity index (χ0) is 28.3. The summed E-state index contributed by atoms with van der Waals surface area (Å²) in [6, 6.07) is 28.6. The van der Waals surface area contributed by atoms with Crippen molar-refractivity contribution in [2.24, 2.45) is 5.92 Å². The van der Waals surface area contributed by atoms with Crippen molar-refractivity contribution < 1.29 is 24.5 Å². The third-order valence-electron chi connectivity index (χ3n) is 6.79. The molecule has 6 rings (SSSR count).